The maximum Gasteiger partial charge on any atom is 0.133 e. The summed E-state index contributed by atoms with van der Waals surface area (Å²) in [7, 11) is 0. The molecule has 0 radical (unpaired) electrons. The molecule has 0 spiro atoms. The van der Waals surface area contributed by atoms with Gasteiger partial charge in [0.2, 0.25) is 0 Å². The monoisotopic (exact) mass is 289 g/mol. The average molecular weight is 290 g/mol. The largest absolute Gasteiger partial charge is 0.206 e. The molecule has 1 nitrogen and oxygen atoms in total. The van der Waals surface area contributed by atoms with Crippen LogP contribution < -0.4 is 0 Å². The predicted octanol–water partition coefficient (Wildman–Crippen LogP) is 4.99. The molecule has 0 aliphatic rings. The number of aryl methyl sites for hydroxylation is 1. The summed E-state index contributed by atoms with van der Waals surface area (Å²) < 4.78 is 27.7. The average Bonchev–Trinajstić information content (AvgIpc) is 2.41. The summed E-state index contributed by atoms with van der Waals surface area (Å²) in [6, 6.07) is 10.7. The summed E-state index contributed by atoms with van der Waals surface area (Å²) in [5.41, 5.74) is 0.852. The van der Waals surface area contributed by atoms with Gasteiger partial charge in [-0.05, 0) is 36.8 Å². The van der Waals surface area contributed by atoms with E-state index in [1.54, 1.807) is 19.1 Å². The molecule has 4 heteroatoms. The van der Waals surface area contributed by atoms with Crippen molar-refractivity contribution in [3.63, 3.8) is 0 Å². The Bertz CT molecular complexity index is 730. The van der Waals surface area contributed by atoms with Gasteiger partial charge in [-0.1, -0.05) is 29.8 Å². The third-order valence-electron chi connectivity index (χ3n) is 2.86. The lowest BCUT2D eigenvalue weighted by molar-refractivity contribution is 0.615. The molecule has 0 unspecified atom stereocenters. The normalized spacial score (nSPS) is 11.2. The minimum Gasteiger partial charge on any atom is -0.206 e. The van der Waals surface area contributed by atoms with E-state index in [0.29, 0.717) is 5.56 Å². The lowest BCUT2D eigenvalue weighted by atomic mass is 10.0. The first-order valence-corrected chi connectivity index (χ1v) is 6.23. The molecule has 0 fully saturated rings. The van der Waals surface area contributed by atoms with Crippen molar-refractivity contribution in [2.75, 3.05) is 0 Å². The quantitative estimate of drug-likeness (QED) is 0.564. The number of nitriles is 1. The van der Waals surface area contributed by atoms with Crippen LogP contribution in [-0.2, 0) is 0 Å². The summed E-state index contributed by atoms with van der Waals surface area (Å²) >= 11 is 5.67. The van der Waals surface area contributed by atoms with Crippen LogP contribution in [0.3, 0.4) is 0 Å². The highest BCUT2D eigenvalue weighted by Gasteiger charge is 2.10. The van der Waals surface area contributed by atoms with E-state index >= 15 is 0 Å². The Hall–Kier alpha value is -2.18. The molecule has 0 N–H and O–H groups in total. The van der Waals surface area contributed by atoms with Gasteiger partial charge in [-0.25, -0.2) is 8.78 Å². The van der Waals surface area contributed by atoms with Gasteiger partial charge in [-0.15, -0.1) is 0 Å². The van der Waals surface area contributed by atoms with Crippen LogP contribution in [0.5, 0.6) is 0 Å². The van der Waals surface area contributed by atoms with Gasteiger partial charge in [0.1, 0.15) is 11.6 Å². The Morgan fingerprint density at radius 2 is 2.00 bits per heavy atom. The van der Waals surface area contributed by atoms with Crippen LogP contribution in [0.1, 0.15) is 16.7 Å². The second-order valence-electron chi connectivity index (χ2n) is 4.27. The molecule has 0 saturated carbocycles. The Kier molecular flexibility index (Phi) is 4.16. The highest BCUT2D eigenvalue weighted by atomic mass is 35.5. The smallest absolute Gasteiger partial charge is 0.133 e. The fraction of sp³-hybridized carbons (Fsp3) is 0.0625. The standard InChI is InChI=1S/C16H10ClF2N/c1-10-3-2-4-11(16(10)19)7-12(9-20)14-6-5-13(17)8-15(14)18/h2-8H,1H3/b12-7+. The van der Waals surface area contributed by atoms with E-state index in [4.69, 9.17) is 16.9 Å². The van der Waals surface area contributed by atoms with Crippen molar-refractivity contribution in [1.29, 1.82) is 5.26 Å². The molecule has 100 valence electrons. The fourth-order valence-corrected chi connectivity index (χ4v) is 1.97. The molecule has 0 bridgehead atoms. The van der Waals surface area contributed by atoms with Gasteiger partial charge in [0.25, 0.3) is 0 Å². The van der Waals surface area contributed by atoms with Gasteiger partial charge in [-0.3, -0.25) is 0 Å². The van der Waals surface area contributed by atoms with Gasteiger partial charge in [0.05, 0.1) is 11.6 Å². The van der Waals surface area contributed by atoms with Crippen molar-refractivity contribution in [2.45, 2.75) is 6.92 Å². The molecule has 0 aliphatic carbocycles. The van der Waals surface area contributed by atoms with Crippen molar-refractivity contribution < 1.29 is 8.78 Å². The third kappa shape index (κ3) is 2.87. The van der Waals surface area contributed by atoms with Gasteiger partial charge in [-0.2, -0.15) is 5.26 Å². The van der Waals surface area contributed by atoms with Crippen LogP contribution in [0.4, 0.5) is 8.78 Å². The lowest BCUT2D eigenvalue weighted by Gasteiger charge is -2.04. The SMILES string of the molecule is Cc1cccc(/C=C(\C#N)c2ccc(Cl)cc2F)c1F. The first-order chi connectivity index (χ1) is 9.52. The number of benzene rings is 2. The fourth-order valence-electron chi connectivity index (χ4n) is 1.82. The van der Waals surface area contributed by atoms with E-state index in [1.807, 2.05) is 6.07 Å². The van der Waals surface area contributed by atoms with Crippen molar-refractivity contribution >= 4 is 23.3 Å². The topological polar surface area (TPSA) is 23.8 Å². The maximum atomic E-state index is 13.9. The molecule has 2 aromatic rings. The zero-order valence-corrected chi connectivity index (χ0v) is 11.4. The molecule has 0 atom stereocenters. The van der Waals surface area contributed by atoms with Crippen LogP contribution >= 0.6 is 11.6 Å². The van der Waals surface area contributed by atoms with Crippen molar-refractivity contribution in [3.8, 4) is 6.07 Å². The molecular formula is C16H10ClF2N. The number of halogens is 3. The molecule has 2 aromatic carbocycles. The van der Waals surface area contributed by atoms with E-state index in [0.717, 1.165) is 6.07 Å². The number of allylic oxidation sites excluding steroid dienone is 1. The number of hydrogen-bond acceptors (Lipinski definition) is 1. The molecule has 20 heavy (non-hydrogen) atoms. The summed E-state index contributed by atoms with van der Waals surface area (Å²) in [6.45, 7) is 1.63. The molecule has 0 amide bonds. The van der Waals surface area contributed by atoms with Crippen LogP contribution in [0.2, 0.25) is 5.02 Å². The predicted molar refractivity (Wildman–Crippen MR) is 76.0 cm³/mol. The van der Waals surface area contributed by atoms with Gasteiger partial charge in [0.15, 0.2) is 0 Å². The Morgan fingerprint density at radius 1 is 1.25 bits per heavy atom. The van der Waals surface area contributed by atoms with Gasteiger partial charge >= 0.3 is 0 Å². The highest BCUT2D eigenvalue weighted by molar-refractivity contribution is 6.30. The molecule has 0 heterocycles. The van der Waals surface area contributed by atoms with Crippen molar-refractivity contribution in [2.24, 2.45) is 0 Å². The van der Waals surface area contributed by atoms with Crippen LogP contribution in [-0.4, -0.2) is 0 Å². The third-order valence-corrected chi connectivity index (χ3v) is 3.10. The number of rotatable bonds is 2. The van der Waals surface area contributed by atoms with Gasteiger partial charge in [0, 0.05) is 16.1 Å². The van der Waals surface area contributed by atoms with E-state index in [1.165, 1.54) is 24.3 Å². The van der Waals surface area contributed by atoms with E-state index in [-0.39, 0.29) is 21.7 Å². The minimum atomic E-state index is -0.613. The van der Waals surface area contributed by atoms with Crippen LogP contribution in [0.15, 0.2) is 36.4 Å². The molecule has 0 saturated heterocycles. The van der Waals surface area contributed by atoms with Gasteiger partial charge < -0.3 is 0 Å². The summed E-state index contributed by atoms with van der Waals surface area (Å²) in [6.07, 6.45) is 1.33. The molecule has 0 aliphatic heterocycles. The summed E-state index contributed by atoms with van der Waals surface area (Å²) in [5.74, 6) is -1.03. The number of hydrogen-bond donors (Lipinski definition) is 0. The summed E-state index contributed by atoms with van der Waals surface area (Å²) in [5, 5.41) is 9.40. The first-order valence-electron chi connectivity index (χ1n) is 5.85. The molecule has 2 rings (SSSR count). The first kappa shape index (κ1) is 14.2. The Balaban J connectivity index is 2.55. The second-order valence-corrected chi connectivity index (χ2v) is 4.71. The van der Waals surface area contributed by atoms with E-state index in [2.05, 4.69) is 0 Å². The lowest BCUT2D eigenvalue weighted by Crippen LogP contribution is -1.91. The Morgan fingerprint density at radius 3 is 2.65 bits per heavy atom. The Labute approximate surface area is 120 Å². The van der Waals surface area contributed by atoms with Crippen molar-refractivity contribution in [1.82, 2.24) is 0 Å². The zero-order chi connectivity index (χ0) is 14.7. The van der Waals surface area contributed by atoms with Crippen molar-refractivity contribution in [3.05, 3.63) is 69.7 Å². The summed E-state index contributed by atoms with van der Waals surface area (Å²) in [4.78, 5) is 0. The van der Waals surface area contributed by atoms with E-state index in [9.17, 15) is 8.78 Å². The zero-order valence-electron chi connectivity index (χ0n) is 10.6. The van der Waals surface area contributed by atoms with Crippen LogP contribution in [0.25, 0.3) is 11.6 Å². The maximum absolute atomic E-state index is 13.9. The molecule has 0 aromatic heterocycles. The molecular weight excluding hydrogens is 280 g/mol. The highest BCUT2D eigenvalue weighted by Crippen LogP contribution is 2.24. The van der Waals surface area contributed by atoms with E-state index < -0.39 is 11.6 Å². The van der Waals surface area contributed by atoms with Crippen LogP contribution in [0, 0.1) is 29.9 Å². The second kappa shape index (κ2) is 5.85. The number of nitrogens with zero attached hydrogens (tertiary/aromatic N) is 1. The minimum absolute atomic E-state index is 0.0451.